The van der Waals surface area contributed by atoms with Gasteiger partial charge in [-0.3, -0.25) is 19.8 Å². The van der Waals surface area contributed by atoms with Crippen LogP contribution in [0.3, 0.4) is 0 Å². The number of carbonyl (C=O) groups is 1. The molecular formula is C15H21N3O4. The molecule has 0 aromatic heterocycles. The lowest BCUT2D eigenvalue weighted by atomic mass is 10.1. The van der Waals surface area contributed by atoms with Crippen molar-refractivity contribution < 1.29 is 14.5 Å². The van der Waals surface area contributed by atoms with Crippen molar-refractivity contribution >= 4 is 11.6 Å². The van der Waals surface area contributed by atoms with Gasteiger partial charge in [0.2, 0.25) is 5.91 Å². The van der Waals surface area contributed by atoms with Crippen molar-refractivity contribution in [2.75, 3.05) is 27.7 Å². The topological polar surface area (TPSA) is 75.9 Å². The standard InChI is InChI=1S/C15H21N3O4/c1-16(10-15(19)17(2)12-5-6-12)9-11-4-7-14(22-3)13(8-11)18(20)21/h4,7-8,12H,5-6,9-10H2,1-3H3. The Morgan fingerprint density at radius 1 is 1.41 bits per heavy atom. The minimum Gasteiger partial charge on any atom is -0.490 e. The van der Waals surface area contributed by atoms with Gasteiger partial charge in [-0.25, -0.2) is 0 Å². The van der Waals surface area contributed by atoms with Gasteiger partial charge in [0, 0.05) is 25.7 Å². The van der Waals surface area contributed by atoms with Crippen molar-refractivity contribution in [3.8, 4) is 5.75 Å². The first-order chi connectivity index (χ1) is 10.4. The summed E-state index contributed by atoms with van der Waals surface area (Å²) in [5.41, 5.74) is 0.715. The lowest BCUT2D eigenvalue weighted by Gasteiger charge is -2.21. The predicted octanol–water partition coefficient (Wildman–Crippen LogP) is 1.66. The first-order valence-electron chi connectivity index (χ1n) is 7.18. The maximum absolute atomic E-state index is 12.1. The van der Waals surface area contributed by atoms with Gasteiger partial charge in [0.25, 0.3) is 0 Å². The molecule has 1 aromatic rings. The van der Waals surface area contributed by atoms with Gasteiger partial charge in [0.15, 0.2) is 5.75 Å². The first kappa shape index (κ1) is 16.2. The highest BCUT2D eigenvalue weighted by Gasteiger charge is 2.29. The number of nitro groups is 1. The second-order valence-corrected chi connectivity index (χ2v) is 5.67. The van der Waals surface area contributed by atoms with Crippen LogP contribution < -0.4 is 4.74 Å². The SMILES string of the molecule is COc1ccc(CN(C)CC(=O)N(C)C2CC2)cc1[N+](=O)[O-]. The Kier molecular flexibility index (Phi) is 4.97. The quantitative estimate of drug-likeness (QED) is 0.565. The van der Waals surface area contributed by atoms with E-state index in [9.17, 15) is 14.9 Å². The van der Waals surface area contributed by atoms with Gasteiger partial charge in [-0.1, -0.05) is 6.07 Å². The van der Waals surface area contributed by atoms with Crippen LogP contribution in [-0.2, 0) is 11.3 Å². The van der Waals surface area contributed by atoms with E-state index in [0.717, 1.165) is 18.4 Å². The van der Waals surface area contributed by atoms with Gasteiger partial charge in [-0.15, -0.1) is 0 Å². The number of hydrogen-bond donors (Lipinski definition) is 0. The van der Waals surface area contributed by atoms with Crippen LogP contribution in [0.5, 0.6) is 5.75 Å². The highest BCUT2D eigenvalue weighted by Crippen LogP contribution is 2.28. The number of nitrogens with zero attached hydrogens (tertiary/aromatic N) is 3. The van der Waals surface area contributed by atoms with Crippen molar-refractivity contribution in [1.29, 1.82) is 0 Å². The van der Waals surface area contributed by atoms with Crippen LogP contribution in [0.2, 0.25) is 0 Å². The summed E-state index contributed by atoms with van der Waals surface area (Å²) < 4.78 is 4.98. The van der Waals surface area contributed by atoms with E-state index in [2.05, 4.69) is 0 Å². The number of benzene rings is 1. The lowest BCUT2D eigenvalue weighted by Crippen LogP contribution is -2.37. The van der Waals surface area contributed by atoms with E-state index >= 15 is 0 Å². The molecule has 1 saturated carbocycles. The van der Waals surface area contributed by atoms with Crippen LogP contribution in [0, 0.1) is 10.1 Å². The second-order valence-electron chi connectivity index (χ2n) is 5.67. The number of likely N-dealkylation sites (N-methyl/N-ethyl adjacent to an activating group) is 2. The molecule has 7 nitrogen and oxygen atoms in total. The number of amides is 1. The highest BCUT2D eigenvalue weighted by atomic mass is 16.6. The molecule has 120 valence electrons. The third-order valence-electron chi connectivity index (χ3n) is 3.79. The smallest absolute Gasteiger partial charge is 0.311 e. The molecule has 1 aliphatic rings. The third-order valence-corrected chi connectivity index (χ3v) is 3.79. The van der Waals surface area contributed by atoms with Crippen molar-refractivity contribution in [3.05, 3.63) is 33.9 Å². The fourth-order valence-corrected chi connectivity index (χ4v) is 2.35. The van der Waals surface area contributed by atoms with E-state index in [1.165, 1.54) is 13.2 Å². The minimum absolute atomic E-state index is 0.0603. The van der Waals surface area contributed by atoms with Crippen molar-refractivity contribution in [2.45, 2.75) is 25.4 Å². The molecule has 0 saturated heterocycles. The molecule has 0 aliphatic heterocycles. The molecule has 1 amide bonds. The van der Waals surface area contributed by atoms with Gasteiger partial charge in [0.05, 0.1) is 18.6 Å². The Balaban J connectivity index is 1.98. The molecular weight excluding hydrogens is 286 g/mol. The first-order valence-corrected chi connectivity index (χ1v) is 7.18. The second kappa shape index (κ2) is 6.74. The average molecular weight is 307 g/mol. The fourth-order valence-electron chi connectivity index (χ4n) is 2.35. The van der Waals surface area contributed by atoms with Gasteiger partial charge in [0.1, 0.15) is 0 Å². The number of methoxy groups -OCH3 is 1. The van der Waals surface area contributed by atoms with Gasteiger partial charge >= 0.3 is 5.69 Å². The summed E-state index contributed by atoms with van der Waals surface area (Å²) in [6.07, 6.45) is 2.16. The predicted molar refractivity (Wildman–Crippen MR) is 81.8 cm³/mol. The van der Waals surface area contributed by atoms with Crippen LogP contribution in [0.4, 0.5) is 5.69 Å². The van der Waals surface area contributed by atoms with Gasteiger partial charge in [-0.05, 0) is 31.5 Å². The van der Waals surface area contributed by atoms with Crippen LogP contribution >= 0.6 is 0 Å². The zero-order chi connectivity index (χ0) is 16.3. The zero-order valence-electron chi connectivity index (χ0n) is 13.1. The Labute approximate surface area is 129 Å². The summed E-state index contributed by atoms with van der Waals surface area (Å²) >= 11 is 0. The molecule has 22 heavy (non-hydrogen) atoms. The van der Waals surface area contributed by atoms with Crippen LogP contribution in [-0.4, -0.2) is 54.4 Å². The molecule has 1 fully saturated rings. The van der Waals surface area contributed by atoms with Gasteiger partial charge < -0.3 is 9.64 Å². The largest absolute Gasteiger partial charge is 0.490 e. The molecule has 0 radical (unpaired) electrons. The van der Waals surface area contributed by atoms with Crippen molar-refractivity contribution in [1.82, 2.24) is 9.80 Å². The Bertz CT molecular complexity index is 572. The number of ether oxygens (including phenoxy) is 1. The van der Waals surface area contributed by atoms with E-state index < -0.39 is 4.92 Å². The molecule has 1 aliphatic carbocycles. The zero-order valence-corrected chi connectivity index (χ0v) is 13.1. The van der Waals surface area contributed by atoms with E-state index in [1.54, 1.807) is 17.0 Å². The van der Waals surface area contributed by atoms with Crippen LogP contribution in [0.15, 0.2) is 18.2 Å². The molecule has 0 N–H and O–H groups in total. The summed E-state index contributed by atoms with van der Waals surface area (Å²) in [6.45, 7) is 0.766. The van der Waals surface area contributed by atoms with Gasteiger partial charge in [-0.2, -0.15) is 0 Å². The summed E-state index contributed by atoms with van der Waals surface area (Å²) in [5, 5.41) is 11.0. The monoisotopic (exact) mass is 307 g/mol. The summed E-state index contributed by atoms with van der Waals surface area (Å²) in [4.78, 5) is 26.3. The average Bonchev–Trinajstić information content (AvgIpc) is 3.30. The number of hydrogen-bond acceptors (Lipinski definition) is 5. The van der Waals surface area contributed by atoms with Crippen molar-refractivity contribution in [2.24, 2.45) is 0 Å². The maximum atomic E-state index is 12.1. The van der Waals surface area contributed by atoms with E-state index in [4.69, 9.17) is 4.74 Å². The maximum Gasteiger partial charge on any atom is 0.311 e. The Hall–Kier alpha value is -2.15. The highest BCUT2D eigenvalue weighted by molar-refractivity contribution is 5.78. The Morgan fingerprint density at radius 3 is 2.64 bits per heavy atom. The normalized spacial score (nSPS) is 14.0. The lowest BCUT2D eigenvalue weighted by molar-refractivity contribution is -0.385. The number of nitro benzene ring substituents is 1. The minimum atomic E-state index is -0.464. The molecule has 7 heteroatoms. The molecule has 2 rings (SSSR count). The van der Waals surface area contributed by atoms with Crippen LogP contribution in [0.1, 0.15) is 18.4 Å². The summed E-state index contributed by atoms with van der Waals surface area (Å²) in [6, 6.07) is 5.24. The molecule has 0 spiro atoms. The van der Waals surface area contributed by atoms with Crippen LogP contribution in [0.25, 0.3) is 0 Å². The molecule has 0 bridgehead atoms. The molecule has 0 unspecified atom stereocenters. The summed E-state index contributed by atoms with van der Waals surface area (Å²) in [7, 11) is 5.06. The fraction of sp³-hybridized carbons (Fsp3) is 0.533. The number of rotatable bonds is 7. The van der Waals surface area contributed by atoms with E-state index in [1.807, 2.05) is 19.0 Å². The van der Waals surface area contributed by atoms with Crippen molar-refractivity contribution in [3.63, 3.8) is 0 Å². The third kappa shape index (κ3) is 3.94. The molecule has 0 heterocycles. The molecule has 1 aromatic carbocycles. The summed E-state index contributed by atoms with van der Waals surface area (Å²) in [5.74, 6) is 0.314. The van der Waals surface area contributed by atoms with E-state index in [0.29, 0.717) is 19.1 Å². The number of carbonyl (C=O) groups excluding carboxylic acids is 1. The Morgan fingerprint density at radius 2 is 2.09 bits per heavy atom. The molecule has 0 atom stereocenters. The van der Waals surface area contributed by atoms with E-state index in [-0.39, 0.29) is 17.3 Å².